The average Bonchev–Trinajstić information content (AvgIpc) is 2.40. The van der Waals surface area contributed by atoms with Crippen LogP contribution in [-0.2, 0) is 10.2 Å². The molecule has 0 aliphatic carbocycles. The van der Waals surface area contributed by atoms with E-state index in [1.807, 2.05) is 0 Å². The fourth-order valence-corrected chi connectivity index (χ4v) is 4.99. The van der Waals surface area contributed by atoms with E-state index in [4.69, 9.17) is 5.73 Å². The highest BCUT2D eigenvalue weighted by molar-refractivity contribution is 7.86. The molecule has 0 aromatic rings. The third-order valence-corrected chi connectivity index (χ3v) is 6.42. The smallest absolute Gasteiger partial charge is 0.281 e. The first-order valence-electron chi connectivity index (χ1n) is 7.49. The summed E-state index contributed by atoms with van der Waals surface area (Å²) in [6, 6.07) is 0. The van der Waals surface area contributed by atoms with Gasteiger partial charge in [0.1, 0.15) is 0 Å². The molecule has 1 atom stereocenters. The lowest BCUT2D eigenvalue weighted by atomic mass is 9.95. The van der Waals surface area contributed by atoms with Gasteiger partial charge in [0.25, 0.3) is 10.2 Å². The van der Waals surface area contributed by atoms with Crippen molar-refractivity contribution < 1.29 is 8.42 Å². The van der Waals surface area contributed by atoms with Gasteiger partial charge in [-0.15, -0.1) is 0 Å². The number of hydrogen-bond acceptors (Lipinski definition) is 3. The van der Waals surface area contributed by atoms with Crippen LogP contribution < -0.4 is 5.73 Å². The first-order valence-corrected chi connectivity index (χ1v) is 8.89. The van der Waals surface area contributed by atoms with E-state index in [1.165, 1.54) is 0 Å². The molecule has 19 heavy (non-hydrogen) atoms. The molecule has 1 unspecified atom stereocenters. The fraction of sp³-hybridized carbons (Fsp3) is 1.00. The van der Waals surface area contributed by atoms with Crippen LogP contribution in [0.1, 0.15) is 39.0 Å². The number of rotatable bonds is 4. The van der Waals surface area contributed by atoms with E-state index in [0.717, 1.165) is 32.1 Å². The molecular weight excluding hydrogens is 262 g/mol. The van der Waals surface area contributed by atoms with Gasteiger partial charge in [0.05, 0.1) is 0 Å². The number of piperidine rings is 2. The molecule has 0 bridgehead atoms. The summed E-state index contributed by atoms with van der Waals surface area (Å²) in [5, 5.41) is 0. The molecule has 0 aromatic carbocycles. The molecular formula is C13H27N3O2S. The second-order valence-corrected chi connectivity index (χ2v) is 7.96. The van der Waals surface area contributed by atoms with Gasteiger partial charge >= 0.3 is 0 Å². The molecule has 2 fully saturated rings. The van der Waals surface area contributed by atoms with Gasteiger partial charge in [0.2, 0.25) is 0 Å². The predicted molar refractivity (Wildman–Crippen MR) is 76.9 cm³/mol. The van der Waals surface area contributed by atoms with Gasteiger partial charge in [-0.05, 0) is 50.5 Å². The summed E-state index contributed by atoms with van der Waals surface area (Å²) in [5.41, 5.74) is 5.57. The summed E-state index contributed by atoms with van der Waals surface area (Å²) in [7, 11) is -3.22. The minimum Gasteiger partial charge on any atom is -0.330 e. The van der Waals surface area contributed by atoms with Gasteiger partial charge in [-0.2, -0.15) is 17.0 Å². The quantitative estimate of drug-likeness (QED) is 0.840. The van der Waals surface area contributed by atoms with Gasteiger partial charge in [-0.3, -0.25) is 0 Å². The van der Waals surface area contributed by atoms with E-state index < -0.39 is 10.2 Å². The summed E-state index contributed by atoms with van der Waals surface area (Å²) in [5.74, 6) is 1.09. The van der Waals surface area contributed by atoms with Crippen LogP contribution in [0.25, 0.3) is 0 Å². The Morgan fingerprint density at radius 2 is 1.79 bits per heavy atom. The van der Waals surface area contributed by atoms with Crippen molar-refractivity contribution in [2.45, 2.75) is 39.0 Å². The summed E-state index contributed by atoms with van der Waals surface area (Å²) in [4.78, 5) is 0. The maximum Gasteiger partial charge on any atom is 0.281 e. The zero-order chi connectivity index (χ0) is 13.9. The van der Waals surface area contributed by atoms with Gasteiger partial charge in [0, 0.05) is 26.2 Å². The molecule has 2 aliphatic heterocycles. The normalized spacial score (nSPS) is 28.6. The van der Waals surface area contributed by atoms with Crippen molar-refractivity contribution in [2.75, 3.05) is 32.7 Å². The summed E-state index contributed by atoms with van der Waals surface area (Å²) >= 11 is 0. The van der Waals surface area contributed by atoms with Crippen molar-refractivity contribution in [1.82, 2.24) is 8.61 Å². The molecule has 2 rings (SSSR count). The molecule has 0 amide bonds. The zero-order valence-electron chi connectivity index (χ0n) is 11.9. The van der Waals surface area contributed by atoms with E-state index in [-0.39, 0.29) is 0 Å². The molecule has 2 N–H and O–H groups in total. The van der Waals surface area contributed by atoms with Gasteiger partial charge < -0.3 is 5.73 Å². The molecule has 2 saturated heterocycles. The largest absolute Gasteiger partial charge is 0.330 e. The SMILES string of the molecule is CC1CCCN(S(=O)(=O)N2CCC(CCN)CC2)C1. The summed E-state index contributed by atoms with van der Waals surface area (Å²) < 4.78 is 28.5. The second-order valence-electron chi connectivity index (χ2n) is 6.03. The summed E-state index contributed by atoms with van der Waals surface area (Å²) in [6.07, 6.45) is 5.07. The van der Waals surface area contributed by atoms with E-state index in [2.05, 4.69) is 6.92 Å². The number of nitrogens with two attached hydrogens (primary N) is 1. The lowest BCUT2D eigenvalue weighted by Crippen LogP contribution is -2.50. The fourth-order valence-electron chi connectivity index (χ4n) is 3.18. The third-order valence-electron chi connectivity index (χ3n) is 4.42. The molecule has 0 radical (unpaired) electrons. The standard InChI is InChI=1S/C13H27N3O2S/c1-12-3-2-8-16(11-12)19(17,18)15-9-5-13(4-7-14)6-10-15/h12-13H,2-11,14H2,1H3. The Morgan fingerprint density at radius 3 is 2.37 bits per heavy atom. The van der Waals surface area contributed by atoms with Crippen molar-refractivity contribution in [3.63, 3.8) is 0 Å². The minimum atomic E-state index is -3.22. The Labute approximate surface area is 117 Å². The molecule has 112 valence electrons. The molecule has 0 aromatic heterocycles. The van der Waals surface area contributed by atoms with E-state index in [9.17, 15) is 8.42 Å². The van der Waals surface area contributed by atoms with Gasteiger partial charge in [0.15, 0.2) is 0 Å². The van der Waals surface area contributed by atoms with Crippen LogP contribution in [0, 0.1) is 11.8 Å². The van der Waals surface area contributed by atoms with Crippen LogP contribution in [0.2, 0.25) is 0 Å². The lowest BCUT2D eigenvalue weighted by Gasteiger charge is -2.37. The molecule has 0 saturated carbocycles. The van der Waals surface area contributed by atoms with Gasteiger partial charge in [-0.25, -0.2) is 0 Å². The molecule has 2 heterocycles. The number of nitrogens with zero attached hydrogens (tertiary/aromatic N) is 2. The van der Waals surface area contributed by atoms with Gasteiger partial charge in [-0.1, -0.05) is 6.92 Å². The van der Waals surface area contributed by atoms with E-state index in [0.29, 0.717) is 44.6 Å². The molecule has 0 spiro atoms. The van der Waals surface area contributed by atoms with Crippen molar-refractivity contribution in [1.29, 1.82) is 0 Å². The van der Waals surface area contributed by atoms with Crippen LogP contribution in [0.4, 0.5) is 0 Å². The molecule has 5 nitrogen and oxygen atoms in total. The van der Waals surface area contributed by atoms with E-state index in [1.54, 1.807) is 8.61 Å². The average molecular weight is 289 g/mol. The highest BCUT2D eigenvalue weighted by atomic mass is 32.2. The second kappa shape index (κ2) is 6.52. The van der Waals surface area contributed by atoms with Crippen molar-refractivity contribution in [2.24, 2.45) is 17.6 Å². The Morgan fingerprint density at radius 1 is 1.11 bits per heavy atom. The Bertz CT molecular complexity index is 377. The highest BCUT2D eigenvalue weighted by Crippen LogP contribution is 2.26. The Hall–Kier alpha value is -0.170. The topological polar surface area (TPSA) is 66.6 Å². The van der Waals surface area contributed by atoms with Crippen LogP contribution in [0.5, 0.6) is 0 Å². The van der Waals surface area contributed by atoms with Crippen molar-refractivity contribution in [3.8, 4) is 0 Å². The third kappa shape index (κ3) is 3.68. The zero-order valence-corrected chi connectivity index (χ0v) is 12.7. The minimum absolute atomic E-state index is 0.485. The maximum absolute atomic E-state index is 12.6. The van der Waals surface area contributed by atoms with Crippen molar-refractivity contribution >= 4 is 10.2 Å². The monoisotopic (exact) mass is 289 g/mol. The Kier molecular flexibility index (Phi) is 5.22. The van der Waals surface area contributed by atoms with Crippen LogP contribution in [0.15, 0.2) is 0 Å². The first-order chi connectivity index (χ1) is 9.04. The first kappa shape index (κ1) is 15.2. The molecule has 2 aliphatic rings. The van der Waals surface area contributed by atoms with E-state index >= 15 is 0 Å². The lowest BCUT2D eigenvalue weighted by molar-refractivity contribution is 0.224. The number of hydrogen-bond donors (Lipinski definition) is 1. The van der Waals surface area contributed by atoms with Crippen LogP contribution in [0.3, 0.4) is 0 Å². The maximum atomic E-state index is 12.6. The summed E-state index contributed by atoms with van der Waals surface area (Å²) in [6.45, 7) is 5.55. The predicted octanol–water partition coefficient (Wildman–Crippen LogP) is 1.02. The van der Waals surface area contributed by atoms with Crippen LogP contribution >= 0.6 is 0 Å². The molecule has 6 heteroatoms. The van der Waals surface area contributed by atoms with Crippen molar-refractivity contribution in [3.05, 3.63) is 0 Å². The highest BCUT2D eigenvalue weighted by Gasteiger charge is 2.34. The van der Waals surface area contributed by atoms with Crippen LogP contribution in [-0.4, -0.2) is 49.8 Å². The Balaban J connectivity index is 1.93.